The van der Waals surface area contributed by atoms with Crippen molar-refractivity contribution in [3.8, 4) is 17.8 Å². The molecule has 2 aromatic heterocycles. The molecular formula is C27H22F3N5O. The van der Waals surface area contributed by atoms with Crippen molar-refractivity contribution in [3.63, 3.8) is 0 Å². The summed E-state index contributed by atoms with van der Waals surface area (Å²) in [4.78, 5) is 12.8. The van der Waals surface area contributed by atoms with Crippen LogP contribution >= 0.6 is 0 Å². The molecule has 2 aliphatic carbocycles. The van der Waals surface area contributed by atoms with Crippen LogP contribution in [0.1, 0.15) is 36.0 Å². The molecule has 0 amide bonds. The minimum absolute atomic E-state index is 0.101. The first kappa shape index (κ1) is 23.5. The molecule has 1 N–H and O–H groups in total. The van der Waals surface area contributed by atoms with Gasteiger partial charge in [-0.2, -0.15) is 18.4 Å². The van der Waals surface area contributed by atoms with Gasteiger partial charge in [-0.05, 0) is 67.0 Å². The van der Waals surface area contributed by atoms with Crippen molar-refractivity contribution < 1.29 is 17.9 Å². The third kappa shape index (κ3) is 5.23. The normalized spacial score (nSPS) is 22.4. The maximum Gasteiger partial charge on any atom is 0.417 e. The highest BCUT2D eigenvalue weighted by Gasteiger charge is 2.42. The molecule has 0 saturated heterocycles. The summed E-state index contributed by atoms with van der Waals surface area (Å²) in [5.41, 5.74) is 2.29. The van der Waals surface area contributed by atoms with E-state index in [1.807, 2.05) is 36.5 Å². The fourth-order valence-electron chi connectivity index (χ4n) is 4.94. The molecule has 3 aromatic rings. The number of halogens is 3. The minimum atomic E-state index is -4.44. The summed E-state index contributed by atoms with van der Waals surface area (Å²) >= 11 is 0. The third-order valence-electron chi connectivity index (χ3n) is 6.58. The number of nitrogens with zero attached hydrogens (tertiary/aromatic N) is 4. The van der Waals surface area contributed by atoms with E-state index in [0.717, 1.165) is 42.7 Å². The summed E-state index contributed by atoms with van der Waals surface area (Å²) in [7, 11) is 0. The molecule has 2 heterocycles. The smallest absolute Gasteiger partial charge is 0.417 e. The lowest BCUT2D eigenvalue weighted by atomic mass is 9.90. The van der Waals surface area contributed by atoms with Gasteiger partial charge in [0.2, 0.25) is 5.88 Å². The zero-order valence-corrected chi connectivity index (χ0v) is 19.1. The van der Waals surface area contributed by atoms with Crippen molar-refractivity contribution in [2.24, 2.45) is 16.8 Å². The van der Waals surface area contributed by atoms with E-state index in [9.17, 15) is 13.2 Å². The molecule has 1 aromatic carbocycles. The maximum absolute atomic E-state index is 12.7. The molecule has 2 aliphatic rings. The van der Waals surface area contributed by atoms with E-state index >= 15 is 0 Å². The van der Waals surface area contributed by atoms with Crippen LogP contribution in [0.5, 0.6) is 11.6 Å². The minimum Gasteiger partial charge on any atom is -0.439 e. The first-order valence-electron chi connectivity index (χ1n) is 11.5. The summed E-state index contributed by atoms with van der Waals surface area (Å²) < 4.78 is 43.9. The standard InChI is InChI=1S/C27H22F3N5O/c28-27(29,30)22-6-7-25(33-15-22)36-23-5-1-3-17(10-23)9-19-11-21-12-20(19)13-24(21)35-26(34-16-31)18-4-2-8-32-14-18/h1-10,14-15,20-21,24H,11-13H2,(H,34,35). The fraction of sp³-hybridized carbons (Fsp3) is 0.259. The lowest BCUT2D eigenvalue weighted by Crippen LogP contribution is -2.25. The van der Waals surface area contributed by atoms with Gasteiger partial charge in [0.05, 0.1) is 11.6 Å². The average Bonchev–Trinajstić information content (AvgIpc) is 3.44. The Morgan fingerprint density at radius 3 is 2.69 bits per heavy atom. The number of pyridine rings is 2. The topological polar surface area (TPSA) is 83.2 Å². The van der Waals surface area contributed by atoms with Crippen LogP contribution in [0.15, 0.2) is 77.7 Å². The van der Waals surface area contributed by atoms with Crippen molar-refractivity contribution in [1.82, 2.24) is 15.3 Å². The maximum atomic E-state index is 12.7. The Morgan fingerprint density at radius 1 is 1.14 bits per heavy atom. The van der Waals surface area contributed by atoms with Gasteiger partial charge in [-0.1, -0.05) is 23.8 Å². The van der Waals surface area contributed by atoms with E-state index < -0.39 is 11.7 Å². The van der Waals surface area contributed by atoms with E-state index in [1.54, 1.807) is 18.5 Å². The highest BCUT2D eigenvalue weighted by atomic mass is 19.4. The molecular weight excluding hydrogens is 467 g/mol. The van der Waals surface area contributed by atoms with Gasteiger partial charge >= 0.3 is 6.18 Å². The number of aliphatic imine (C=N–C) groups is 1. The number of alkyl halides is 3. The second kappa shape index (κ2) is 9.82. The number of rotatable bonds is 5. The van der Waals surface area contributed by atoms with Crippen LogP contribution in [0.3, 0.4) is 0 Å². The van der Waals surface area contributed by atoms with Crippen LogP contribution in [0.4, 0.5) is 13.2 Å². The molecule has 0 spiro atoms. The molecule has 182 valence electrons. The van der Waals surface area contributed by atoms with Crippen LogP contribution in [0, 0.1) is 23.3 Å². The van der Waals surface area contributed by atoms with E-state index in [0.29, 0.717) is 23.4 Å². The van der Waals surface area contributed by atoms with Crippen molar-refractivity contribution >= 4 is 11.9 Å². The number of ether oxygens (including phenoxy) is 1. The zero-order chi connectivity index (χ0) is 25.1. The van der Waals surface area contributed by atoms with E-state index in [1.165, 1.54) is 11.6 Å². The Kier molecular flexibility index (Phi) is 6.42. The molecule has 36 heavy (non-hydrogen) atoms. The van der Waals surface area contributed by atoms with Gasteiger partial charge in [-0.3, -0.25) is 15.3 Å². The first-order chi connectivity index (χ1) is 17.4. The van der Waals surface area contributed by atoms with Gasteiger partial charge in [-0.25, -0.2) is 4.98 Å². The van der Waals surface area contributed by atoms with Gasteiger partial charge in [0, 0.05) is 30.2 Å². The van der Waals surface area contributed by atoms with Crippen LogP contribution in [-0.2, 0) is 6.18 Å². The zero-order valence-electron chi connectivity index (χ0n) is 19.1. The molecule has 3 atom stereocenters. The number of amidine groups is 1. The summed E-state index contributed by atoms with van der Waals surface area (Å²) in [6, 6.07) is 13.4. The van der Waals surface area contributed by atoms with Gasteiger partial charge in [0.15, 0.2) is 6.19 Å². The SMILES string of the molecule is N#CNC(=NC1CC2CC1CC2=Cc1cccc(Oc2ccc(C(F)(F)F)cn2)c1)c1cccnc1. The lowest BCUT2D eigenvalue weighted by Gasteiger charge is -2.21. The quantitative estimate of drug-likeness (QED) is 0.206. The van der Waals surface area contributed by atoms with Gasteiger partial charge < -0.3 is 4.74 Å². The van der Waals surface area contributed by atoms with E-state index in [-0.39, 0.29) is 11.9 Å². The molecule has 2 bridgehead atoms. The number of allylic oxidation sites excluding steroid dienone is 1. The Hall–Kier alpha value is -4.19. The molecule has 5 rings (SSSR count). The summed E-state index contributed by atoms with van der Waals surface area (Å²) in [6.45, 7) is 0. The Bertz CT molecular complexity index is 1330. The Labute approximate surface area is 206 Å². The fourth-order valence-corrected chi connectivity index (χ4v) is 4.94. The van der Waals surface area contributed by atoms with E-state index in [4.69, 9.17) is 15.0 Å². The number of hydrogen-bond acceptors (Lipinski definition) is 5. The molecule has 2 fully saturated rings. The summed E-state index contributed by atoms with van der Waals surface area (Å²) in [6.07, 6.45) is 6.73. The monoisotopic (exact) mass is 489 g/mol. The Morgan fingerprint density at radius 2 is 2.03 bits per heavy atom. The van der Waals surface area contributed by atoms with Crippen LogP contribution in [-0.4, -0.2) is 21.8 Å². The molecule has 2 saturated carbocycles. The van der Waals surface area contributed by atoms with Crippen LogP contribution < -0.4 is 10.1 Å². The average molecular weight is 490 g/mol. The van der Waals surface area contributed by atoms with E-state index in [2.05, 4.69) is 21.4 Å². The van der Waals surface area contributed by atoms with Gasteiger partial charge in [0.25, 0.3) is 0 Å². The molecule has 9 heteroatoms. The van der Waals surface area contributed by atoms with Crippen molar-refractivity contribution in [2.45, 2.75) is 31.5 Å². The molecule has 0 radical (unpaired) electrons. The van der Waals surface area contributed by atoms with Gasteiger partial charge in [0.1, 0.15) is 11.6 Å². The number of benzene rings is 1. The number of fused-ring (bicyclic) bond motifs is 2. The Balaban J connectivity index is 1.27. The van der Waals surface area contributed by atoms with Crippen molar-refractivity contribution in [3.05, 3.63) is 89.4 Å². The highest BCUT2D eigenvalue weighted by molar-refractivity contribution is 5.99. The largest absolute Gasteiger partial charge is 0.439 e. The third-order valence-corrected chi connectivity index (χ3v) is 6.58. The molecule has 6 nitrogen and oxygen atoms in total. The number of nitrogens with one attached hydrogen (secondary N) is 1. The summed E-state index contributed by atoms with van der Waals surface area (Å²) in [5, 5.41) is 11.8. The number of nitriles is 1. The summed E-state index contributed by atoms with van der Waals surface area (Å²) in [5.74, 6) is 1.98. The van der Waals surface area contributed by atoms with Crippen LogP contribution in [0.2, 0.25) is 0 Å². The van der Waals surface area contributed by atoms with Crippen molar-refractivity contribution in [1.29, 1.82) is 5.26 Å². The highest BCUT2D eigenvalue weighted by Crippen LogP contribution is 2.50. The second-order valence-electron chi connectivity index (χ2n) is 8.93. The van der Waals surface area contributed by atoms with Crippen molar-refractivity contribution in [2.75, 3.05) is 0 Å². The predicted molar refractivity (Wildman–Crippen MR) is 128 cm³/mol. The predicted octanol–water partition coefficient (Wildman–Crippen LogP) is 5.99. The second-order valence-corrected chi connectivity index (χ2v) is 8.93. The van der Waals surface area contributed by atoms with Gasteiger partial charge in [-0.15, -0.1) is 0 Å². The molecule has 3 unspecified atom stereocenters. The molecule has 0 aliphatic heterocycles. The number of aromatic nitrogens is 2. The lowest BCUT2D eigenvalue weighted by molar-refractivity contribution is -0.137. The first-order valence-corrected chi connectivity index (χ1v) is 11.5. The number of hydrogen-bond donors (Lipinski definition) is 1. The van der Waals surface area contributed by atoms with Crippen LogP contribution in [0.25, 0.3) is 6.08 Å².